The minimum Gasteiger partial charge on any atom is -0.367 e. The molecule has 4 rings (SSSR count). The maximum absolute atomic E-state index is 13.6. The van der Waals surface area contributed by atoms with Crippen LogP contribution in [0.25, 0.3) is 5.65 Å². The SMILES string of the molecule is CC(C)(C)c1cc2nc(NC3CCC(N)CC3)cc(Nc3ccc(F)c(Cl)c3)n2n1. The van der Waals surface area contributed by atoms with E-state index in [1.807, 2.05) is 12.1 Å². The summed E-state index contributed by atoms with van der Waals surface area (Å²) in [6.45, 7) is 6.35. The second kappa shape index (κ2) is 8.04. The van der Waals surface area contributed by atoms with Gasteiger partial charge in [-0.15, -0.1) is 0 Å². The van der Waals surface area contributed by atoms with Crippen molar-refractivity contribution in [3.05, 3.63) is 46.9 Å². The number of hydrogen-bond donors (Lipinski definition) is 3. The van der Waals surface area contributed by atoms with Gasteiger partial charge in [0, 0.05) is 35.3 Å². The van der Waals surface area contributed by atoms with E-state index in [1.54, 1.807) is 16.6 Å². The van der Waals surface area contributed by atoms with Gasteiger partial charge in [0.1, 0.15) is 17.5 Å². The van der Waals surface area contributed by atoms with Crippen molar-refractivity contribution in [3.63, 3.8) is 0 Å². The van der Waals surface area contributed by atoms with E-state index in [0.717, 1.165) is 48.7 Å². The topological polar surface area (TPSA) is 80.3 Å². The van der Waals surface area contributed by atoms with Crippen LogP contribution in [0, 0.1) is 5.82 Å². The van der Waals surface area contributed by atoms with Gasteiger partial charge in [-0.25, -0.2) is 9.37 Å². The predicted octanol–water partition coefficient (Wildman–Crippen LogP) is 5.24. The van der Waals surface area contributed by atoms with Gasteiger partial charge in [-0.1, -0.05) is 32.4 Å². The van der Waals surface area contributed by atoms with Crippen molar-refractivity contribution in [2.75, 3.05) is 10.6 Å². The molecule has 0 saturated heterocycles. The van der Waals surface area contributed by atoms with Gasteiger partial charge in [-0.2, -0.15) is 9.61 Å². The molecule has 0 aliphatic heterocycles. The molecule has 8 heteroatoms. The molecule has 1 aromatic carbocycles. The van der Waals surface area contributed by atoms with Gasteiger partial charge in [0.2, 0.25) is 0 Å². The third-order valence-electron chi connectivity index (χ3n) is 5.51. The molecular formula is C22H28ClFN6. The third kappa shape index (κ3) is 4.52. The van der Waals surface area contributed by atoms with Gasteiger partial charge in [0.05, 0.1) is 10.7 Å². The van der Waals surface area contributed by atoms with Gasteiger partial charge in [0.15, 0.2) is 5.65 Å². The normalized spacial score (nSPS) is 19.8. The van der Waals surface area contributed by atoms with E-state index in [9.17, 15) is 4.39 Å². The molecule has 1 fully saturated rings. The average molecular weight is 431 g/mol. The van der Waals surface area contributed by atoms with Crippen molar-refractivity contribution < 1.29 is 4.39 Å². The quantitative estimate of drug-likeness (QED) is 0.527. The Balaban J connectivity index is 1.71. The lowest BCUT2D eigenvalue weighted by molar-refractivity contribution is 0.410. The molecule has 0 spiro atoms. The molecule has 30 heavy (non-hydrogen) atoms. The summed E-state index contributed by atoms with van der Waals surface area (Å²) in [4.78, 5) is 4.79. The first-order chi connectivity index (χ1) is 14.2. The van der Waals surface area contributed by atoms with E-state index >= 15 is 0 Å². The number of hydrogen-bond acceptors (Lipinski definition) is 5. The highest BCUT2D eigenvalue weighted by atomic mass is 35.5. The lowest BCUT2D eigenvalue weighted by Crippen LogP contribution is -2.33. The third-order valence-corrected chi connectivity index (χ3v) is 5.80. The second-order valence-electron chi connectivity index (χ2n) is 9.09. The zero-order valence-corrected chi connectivity index (χ0v) is 18.3. The fourth-order valence-corrected chi connectivity index (χ4v) is 3.88. The van der Waals surface area contributed by atoms with E-state index < -0.39 is 5.82 Å². The van der Waals surface area contributed by atoms with Crippen LogP contribution in [0.1, 0.15) is 52.1 Å². The number of nitrogens with two attached hydrogens (primary N) is 1. The van der Waals surface area contributed by atoms with Crippen LogP contribution in [0.15, 0.2) is 30.3 Å². The number of nitrogens with zero attached hydrogens (tertiary/aromatic N) is 3. The van der Waals surface area contributed by atoms with Crippen molar-refractivity contribution >= 4 is 34.6 Å². The Hall–Kier alpha value is -2.38. The summed E-state index contributed by atoms with van der Waals surface area (Å²) in [5.74, 6) is 1.06. The molecule has 6 nitrogen and oxygen atoms in total. The van der Waals surface area contributed by atoms with Crippen LogP contribution in [0.2, 0.25) is 5.02 Å². The molecule has 3 aromatic rings. The molecule has 1 saturated carbocycles. The van der Waals surface area contributed by atoms with Crippen LogP contribution < -0.4 is 16.4 Å². The van der Waals surface area contributed by atoms with Gasteiger partial charge < -0.3 is 16.4 Å². The Bertz CT molecular complexity index is 1050. The molecular weight excluding hydrogens is 403 g/mol. The molecule has 1 aliphatic carbocycles. The zero-order chi connectivity index (χ0) is 21.5. The van der Waals surface area contributed by atoms with Crippen LogP contribution in [0.5, 0.6) is 0 Å². The number of halogens is 2. The fourth-order valence-electron chi connectivity index (χ4n) is 3.70. The minimum atomic E-state index is -0.450. The van der Waals surface area contributed by atoms with Crippen LogP contribution in [0.4, 0.5) is 21.7 Å². The molecule has 0 unspecified atom stereocenters. The summed E-state index contributed by atoms with van der Waals surface area (Å²) in [5, 5.41) is 11.7. The number of nitrogens with one attached hydrogen (secondary N) is 2. The number of anilines is 3. The molecule has 2 aromatic heterocycles. The van der Waals surface area contributed by atoms with Crippen molar-refractivity contribution in [2.24, 2.45) is 5.73 Å². The van der Waals surface area contributed by atoms with E-state index in [2.05, 4.69) is 31.4 Å². The molecule has 2 heterocycles. The summed E-state index contributed by atoms with van der Waals surface area (Å²) in [6.07, 6.45) is 4.08. The highest BCUT2D eigenvalue weighted by Crippen LogP contribution is 2.29. The van der Waals surface area contributed by atoms with Gasteiger partial charge in [-0.3, -0.25) is 0 Å². The van der Waals surface area contributed by atoms with Crippen LogP contribution in [-0.4, -0.2) is 26.7 Å². The summed E-state index contributed by atoms with van der Waals surface area (Å²) in [6, 6.07) is 9.13. The Morgan fingerprint density at radius 3 is 2.53 bits per heavy atom. The predicted molar refractivity (Wildman–Crippen MR) is 120 cm³/mol. The number of aromatic nitrogens is 3. The first-order valence-electron chi connectivity index (χ1n) is 10.3. The summed E-state index contributed by atoms with van der Waals surface area (Å²) >= 11 is 5.96. The summed E-state index contributed by atoms with van der Waals surface area (Å²) in [7, 11) is 0. The zero-order valence-electron chi connectivity index (χ0n) is 17.5. The van der Waals surface area contributed by atoms with Crippen LogP contribution >= 0.6 is 11.6 Å². The molecule has 4 N–H and O–H groups in total. The Labute approximate surface area is 181 Å². The Morgan fingerprint density at radius 2 is 1.87 bits per heavy atom. The maximum Gasteiger partial charge on any atom is 0.160 e. The monoisotopic (exact) mass is 430 g/mol. The lowest BCUT2D eigenvalue weighted by atomic mass is 9.92. The highest BCUT2D eigenvalue weighted by molar-refractivity contribution is 6.31. The first kappa shape index (κ1) is 20.9. The fraction of sp³-hybridized carbons (Fsp3) is 0.455. The largest absolute Gasteiger partial charge is 0.367 e. The van der Waals surface area contributed by atoms with E-state index in [1.165, 1.54) is 6.07 Å². The Morgan fingerprint density at radius 1 is 1.13 bits per heavy atom. The smallest absolute Gasteiger partial charge is 0.160 e. The van der Waals surface area contributed by atoms with E-state index in [0.29, 0.717) is 17.8 Å². The highest BCUT2D eigenvalue weighted by Gasteiger charge is 2.22. The molecule has 0 bridgehead atoms. The standard InChI is InChI=1S/C22H28ClFN6/c1-22(2,3)18-11-20-28-19(26-14-6-4-13(25)5-7-14)12-21(30(20)29-18)27-15-8-9-17(24)16(23)10-15/h8-14,27H,4-7,25H2,1-3H3,(H,26,28). The van der Waals surface area contributed by atoms with Crippen molar-refractivity contribution in [3.8, 4) is 0 Å². The van der Waals surface area contributed by atoms with Crippen molar-refractivity contribution in [2.45, 2.75) is 64.0 Å². The first-order valence-corrected chi connectivity index (χ1v) is 10.7. The van der Waals surface area contributed by atoms with Gasteiger partial charge in [-0.05, 0) is 43.9 Å². The minimum absolute atomic E-state index is 0.0676. The van der Waals surface area contributed by atoms with Gasteiger partial charge >= 0.3 is 0 Å². The lowest BCUT2D eigenvalue weighted by Gasteiger charge is -2.27. The van der Waals surface area contributed by atoms with Crippen molar-refractivity contribution in [1.29, 1.82) is 0 Å². The van der Waals surface area contributed by atoms with Gasteiger partial charge in [0.25, 0.3) is 0 Å². The van der Waals surface area contributed by atoms with E-state index in [-0.39, 0.29) is 10.4 Å². The number of fused-ring (bicyclic) bond motifs is 1. The summed E-state index contributed by atoms with van der Waals surface area (Å²) < 4.78 is 15.3. The molecule has 160 valence electrons. The molecule has 0 atom stereocenters. The maximum atomic E-state index is 13.6. The average Bonchev–Trinajstić information content (AvgIpc) is 3.12. The Kier molecular flexibility index (Phi) is 5.59. The molecule has 0 amide bonds. The molecule has 0 radical (unpaired) electrons. The summed E-state index contributed by atoms with van der Waals surface area (Å²) in [5.41, 5.74) is 8.29. The van der Waals surface area contributed by atoms with Crippen molar-refractivity contribution in [1.82, 2.24) is 14.6 Å². The van der Waals surface area contributed by atoms with Crippen LogP contribution in [0.3, 0.4) is 0 Å². The number of rotatable bonds is 4. The second-order valence-corrected chi connectivity index (χ2v) is 9.49. The van der Waals surface area contributed by atoms with E-state index in [4.69, 9.17) is 27.4 Å². The molecule has 1 aliphatic rings. The number of benzene rings is 1. The van der Waals surface area contributed by atoms with Crippen LogP contribution in [-0.2, 0) is 5.41 Å².